The first-order chi connectivity index (χ1) is 2.00. The molecule has 0 saturated heterocycles. The van der Waals surface area contributed by atoms with Crippen LogP contribution in [0.1, 0.15) is 2.85 Å². The molecule has 0 atom stereocenters. The fraction of sp³-hybridized carbons (Fsp3) is 0. The van der Waals surface area contributed by atoms with Gasteiger partial charge in [0.05, 0.1) is 0 Å². The summed E-state index contributed by atoms with van der Waals surface area (Å²) in [4.78, 5) is 29.3. The van der Waals surface area contributed by atoms with E-state index in [1.54, 1.807) is 0 Å². The molecule has 0 fully saturated rings. The summed E-state index contributed by atoms with van der Waals surface area (Å²) >= 11 is 0. The molecule has 58 valence electrons. The molecule has 6 N–H and O–H groups in total. The van der Waals surface area contributed by atoms with E-state index < -0.39 is 9.05 Å². The Hall–Kier alpha value is 1.25. The van der Waals surface area contributed by atoms with Gasteiger partial charge in [0.25, 0.3) is 0 Å². The Morgan fingerprint density at radius 1 is 1.00 bits per heavy atom. The first-order valence-electron chi connectivity index (χ1n) is 0.894. The van der Waals surface area contributed by atoms with E-state index in [0.717, 1.165) is 0 Å². The summed E-state index contributed by atoms with van der Waals surface area (Å²) in [5.74, 6) is 0. The van der Waals surface area contributed by atoms with Gasteiger partial charge < -0.3 is 27.5 Å². The van der Waals surface area contributed by atoms with Crippen LogP contribution in [0, 0.1) is 0 Å². The predicted molar refractivity (Wildman–Crippen MR) is 38.7 cm³/mol. The topological polar surface area (TPSA) is 112 Å². The Balaban J connectivity index is -0.00000000533. The van der Waals surface area contributed by atoms with Crippen molar-refractivity contribution in [3.63, 3.8) is 0 Å². The van der Waals surface area contributed by atoms with E-state index in [1.165, 1.54) is 0 Å². The van der Waals surface area contributed by atoms with Crippen LogP contribution in [0.25, 0.3) is 0 Å². The third kappa shape index (κ3) is 313. The van der Waals surface area contributed by atoms with E-state index in [1.807, 2.05) is 0 Å². The molecule has 0 aromatic carbocycles. The number of hydrogen-bond donors (Lipinski definition) is 4. The second-order valence-corrected chi connectivity index (χ2v) is 1.80. The number of halogens is 1. The van der Waals surface area contributed by atoms with Gasteiger partial charge in [0.15, 0.2) is 17.4 Å². The minimum atomic E-state index is -4.61. The standard InChI is InChI=1S/Al.FH.Mg.H4O4Si.H2O.5H/c;;;1-5(2,3)4;;;;;;/h;1H;;1-4H;1H2;;;;;/q;;+2;;;;;;2*-1. The smallest absolute Gasteiger partial charge is 1.00 e. The van der Waals surface area contributed by atoms with Crippen molar-refractivity contribution < 1.29 is 32.2 Å². The molecule has 0 bridgehead atoms. The molecule has 0 aliphatic rings. The third-order valence-corrected chi connectivity index (χ3v) is 0. The minimum Gasteiger partial charge on any atom is -1.00 e. The van der Waals surface area contributed by atoms with Crippen molar-refractivity contribution in [3.05, 3.63) is 0 Å². The second kappa shape index (κ2) is 12.0. The van der Waals surface area contributed by atoms with Gasteiger partial charge in [-0.05, 0) is 0 Å². The average Bonchev–Trinajstić information content (AvgIpc) is 0.722. The summed E-state index contributed by atoms with van der Waals surface area (Å²) in [5, 5.41) is 0. The van der Waals surface area contributed by atoms with Gasteiger partial charge in [-0.1, -0.05) is 0 Å². The normalized spacial score (nSPS) is 6.67. The van der Waals surface area contributed by atoms with Crippen molar-refractivity contribution in [1.29, 1.82) is 0 Å². The summed E-state index contributed by atoms with van der Waals surface area (Å²) in [5.41, 5.74) is 0. The molecule has 9 heteroatoms. The zero-order chi connectivity index (χ0) is 4.50. The molecule has 0 heterocycles. The quantitative estimate of drug-likeness (QED) is 0.288. The Bertz CT molecular complexity index is 40.0. The van der Waals surface area contributed by atoms with Gasteiger partial charge in [-0.15, -0.1) is 0 Å². The SMILES string of the molecule is F.O.O[Si](O)(O)O.[AlH3].[H-].[H-].[Mg+2]. The van der Waals surface area contributed by atoms with Gasteiger partial charge >= 0.3 is 32.1 Å². The average molecular weight is 190 g/mol. The second-order valence-electron chi connectivity index (χ2n) is 0.600. The Kier molecular flexibility index (Phi) is 42.3. The third-order valence-electron chi connectivity index (χ3n) is 0. The molecule has 0 spiro atoms. The molecule has 5 nitrogen and oxygen atoms in total. The van der Waals surface area contributed by atoms with Crippen LogP contribution >= 0.6 is 0 Å². The van der Waals surface area contributed by atoms with Crippen molar-refractivity contribution in [1.82, 2.24) is 0 Å². The van der Waals surface area contributed by atoms with Crippen LogP contribution < -0.4 is 0 Å². The van der Waals surface area contributed by atoms with Gasteiger partial charge in [-0.25, -0.2) is 0 Å². The molecule has 9 heavy (non-hydrogen) atoms. The van der Waals surface area contributed by atoms with Crippen molar-refractivity contribution in [2.24, 2.45) is 0 Å². The van der Waals surface area contributed by atoms with Crippen LogP contribution in [0.2, 0.25) is 0 Å². The minimum absolute atomic E-state index is 0. The Labute approximate surface area is 81.7 Å². The maximum atomic E-state index is 7.33. The predicted octanol–water partition coefficient (Wildman–Crippen LogP) is -4.62. The Morgan fingerprint density at radius 2 is 1.00 bits per heavy atom. The van der Waals surface area contributed by atoms with Gasteiger partial charge in [-0.3, -0.25) is 4.70 Å². The van der Waals surface area contributed by atoms with Crippen molar-refractivity contribution in [3.8, 4) is 0 Å². The van der Waals surface area contributed by atoms with Gasteiger partial charge in [0, 0.05) is 0 Å². The zero-order valence-electron chi connectivity index (χ0n) is 5.90. The van der Waals surface area contributed by atoms with Crippen molar-refractivity contribution >= 4 is 49.5 Å². The van der Waals surface area contributed by atoms with E-state index in [9.17, 15) is 0 Å². The monoisotopic (exact) mass is 190 g/mol. The number of rotatable bonds is 0. The molecule has 0 unspecified atom stereocenters. The maximum absolute atomic E-state index is 7.33. The first-order valence-corrected chi connectivity index (χ1v) is 2.68. The summed E-state index contributed by atoms with van der Waals surface area (Å²) in [6, 6.07) is 0. The van der Waals surface area contributed by atoms with E-state index >= 15 is 0 Å². The zero-order valence-corrected chi connectivity index (χ0v) is 6.32. The van der Waals surface area contributed by atoms with E-state index in [2.05, 4.69) is 0 Å². The van der Waals surface area contributed by atoms with Gasteiger partial charge in [-0.2, -0.15) is 0 Å². The summed E-state index contributed by atoms with van der Waals surface area (Å²) in [6.45, 7) is 0. The summed E-state index contributed by atoms with van der Waals surface area (Å²) in [7, 11) is -4.61. The molecule has 0 amide bonds. The summed E-state index contributed by atoms with van der Waals surface area (Å²) < 4.78 is 0. The van der Waals surface area contributed by atoms with Crippen LogP contribution in [-0.4, -0.2) is 74.1 Å². The summed E-state index contributed by atoms with van der Waals surface area (Å²) in [6.07, 6.45) is 0. The molecule has 0 radical (unpaired) electrons. The van der Waals surface area contributed by atoms with Gasteiger partial charge in [0.1, 0.15) is 0 Å². The Morgan fingerprint density at radius 3 is 1.00 bits per heavy atom. The maximum Gasteiger partial charge on any atom is 2.00 e. The fourth-order valence-corrected chi connectivity index (χ4v) is 0. The molecule has 0 saturated carbocycles. The van der Waals surface area contributed by atoms with Crippen molar-refractivity contribution in [2.75, 3.05) is 0 Å². The molecule has 0 aromatic heterocycles. The van der Waals surface area contributed by atoms with Crippen LogP contribution in [0.15, 0.2) is 0 Å². The van der Waals surface area contributed by atoms with Crippen LogP contribution in [0.4, 0.5) is 4.70 Å². The molecular formula is H12AlFMgO5Si. The molecule has 0 aliphatic heterocycles. The van der Waals surface area contributed by atoms with E-state index in [0.29, 0.717) is 0 Å². The van der Waals surface area contributed by atoms with Crippen LogP contribution in [0.3, 0.4) is 0 Å². The van der Waals surface area contributed by atoms with E-state index in [-0.39, 0.29) is 53.4 Å². The fourth-order valence-electron chi connectivity index (χ4n) is 0. The molecular weight excluding hydrogens is 178 g/mol. The number of hydrogen-bond acceptors (Lipinski definition) is 4. The van der Waals surface area contributed by atoms with Crippen LogP contribution in [-0.2, 0) is 0 Å². The largest absolute Gasteiger partial charge is 2.00 e. The van der Waals surface area contributed by atoms with Crippen LogP contribution in [0.5, 0.6) is 0 Å². The first kappa shape index (κ1) is 31.8. The molecule has 0 aromatic rings. The van der Waals surface area contributed by atoms with Gasteiger partial charge in [0.2, 0.25) is 0 Å². The molecule has 0 aliphatic carbocycles. The van der Waals surface area contributed by atoms with Crippen molar-refractivity contribution in [2.45, 2.75) is 0 Å². The van der Waals surface area contributed by atoms with E-state index in [4.69, 9.17) is 19.2 Å². The molecule has 0 rings (SSSR count).